The summed E-state index contributed by atoms with van der Waals surface area (Å²) in [6, 6.07) is 13.6. The highest BCUT2D eigenvalue weighted by Crippen LogP contribution is 2.25. The smallest absolute Gasteiger partial charge is 0.281 e. The predicted molar refractivity (Wildman–Crippen MR) is 126 cm³/mol. The maximum Gasteiger partial charge on any atom is 0.281 e. The largest absolute Gasteiger partial charge is 0.471 e. The van der Waals surface area contributed by atoms with E-state index in [1.54, 1.807) is 30.5 Å². The van der Waals surface area contributed by atoms with Crippen molar-refractivity contribution in [3.8, 4) is 5.88 Å². The fraction of sp³-hybridized carbons (Fsp3) is 0.320. The van der Waals surface area contributed by atoms with Crippen LogP contribution < -0.4 is 9.46 Å². The zero-order valence-corrected chi connectivity index (χ0v) is 20.0. The number of nitrogens with zero attached hydrogens (tertiary/aromatic N) is 2. The first kappa shape index (κ1) is 25.0. The highest BCUT2D eigenvalue weighted by atomic mass is 32.2. The zero-order chi connectivity index (χ0) is 25.1. The van der Waals surface area contributed by atoms with Gasteiger partial charge < -0.3 is 4.74 Å². The van der Waals surface area contributed by atoms with Gasteiger partial charge in [-0.05, 0) is 59.5 Å². The van der Waals surface area contributed by atoms with Crippen LogP contribution in [0.2, 0.25) is 0 Å². The minimum absolute atomic E-state index is 0.155. The minimum atomic E-state index is -3.79. The molecule has 0 saturated carbocycles. The van der Waals surface area contributed by atoms with E-state index in [0.29, 0.717) is 25.2 Å². The first-order chi connectivity index (χ1) is 16.6. The molecule has 35 heavy (non-hydrogen) atoms. The van der Waals surface area contributed by atoms with Crippen LogP contribution in [0.4, 0.5) is 18.9 Å². The first-order valence-corrected chi connectivity index (χ1v) is 12.7. The fourth-order valence-corrected chi connectivity index (χ4v) is 4.86. The number of ether oxygens (including phenoxy) is 1. The van der Waals surface area contributed by atoms with Gasteiger partial charge in [0.15, 0.2) is 6.61 Å². The Hall–Kier alpha value is -3.11. The maximum atomic E-state index is 13.3. The molecule has 2 aromatic carbocycles. The third kappa shape index (κ3) is 6.52. The molecule has 1 aromatic heterocycles. The number of pyridine rings is 1. The van der Waals surface area contributed by atoms with E-state index in [4.69, 9.17) is 4.74 Å². The molecule has 2 heterocycles. The standard InChI is InChI=1S/C25H26F3N3O3S/c1-2-25(27,28)17-34-24-10-3-18(14-29-24)15-31-12-11-19-13-23(9-4-20(19)16-31)35(32,33)30-22-7-5-21(26)6-8-22/h3-10,13-14,30H,2,11-12,15-17H2,1H3. The Morgan fingerprint density at radius 2 is 1.86 bits per heavy atom. The Balaban J connectivity index is 1.37. The Bertz CT molecular complexity index is 1270. The number of benzene rings is 2. The molecule has 0 aliphatic carbocycles. The van der Waals surface area contributed by atoms with Crippen LogP contribution in [0.15, 0.2) is 65.7 Å². The molecule has 1 aliphatic heterocycles. The first-order valence-electron chi connectivity index (χ1n) is 11.2. The van der Waals surface area contributed by atoms with Crippen molar-refractivity contribution in [1.82, 2.24) is 9.88 Å². The van der Waals surface area contributed by atoms with Crippen LogP contribution in [0.25, 0.3) is 0 Å². The van der Waals surface area contributed by atoms with Crippen molar-refractivity contribution in [2.75, 3.05) is 17.9 Å². The molecule has 1 aliphatic rings. The van der Waals surface area contributed by atoms with E-state index in [-0.39, 0.29) is 17.2 Å². The normalized spacial score (nSPS) is 14.4. The second-order valence-electron chi connectivity index (χ2n) is 8.51. The van der Waals surface area contributed by atoms with E-state index in [1.165, 1.54) is 31.2 Å². The molecule has 0 amide bonds. The van der Waals surface area contributed by atoms with Crippen molar-refractivity contribution < 1.29 is 26.3 Å². The molecular formula is C25H26F3N3O3S. The predicted octanol–water partition coefficient (Wildman–Crippen LogP) is 5.00. The third-order valence-electron chi connectivity index (χ3n) is 5.83. The molecule has 1 N–H and O–H groups in total. The van der Waals surface area contributed by atoms with Crippen molar-refractivity contribution in [1.29, 1.82) is 0 Å². The van der Waals surface area contributed by atoms with E-state index in [2.05, 4.69) is 14.6 Å². The Morgan fingerprint density at radius 3 is 2.54 bits per heavy atom. The lowest BCUT2D eigenvalue weighted by Crippen LogP contribution is -2.30. The molecule has 186 valence electrons. The number of nitrogens with one attached hydrogen (secondary N) is 1. The summed E-state index contributed by atoms with van der Waals surface area (Å²) >= 11 is 0. The minimum Gasteiger partial charge on any atom is -0.471 e. The highest BCUT2D eigenvalue weighted by molar-refractivity contribution is 7.92. The van der Waals surface area contributed by atoms with Crippen LogP contribution in [0.5, 0.6) is 5.88 Å². The van der Waals surface area contributed by atoms with Gasteiger partial charge in [0.05, 0.1) is 4.90 Å². The lowest BCUT2D eigenvalue weighted by Gasteiger charge is -2.29. The van der Waals surface area contributed by atoms with Gasteiger partial charge in [-0.3, -0.25) is 9.62 Å². The number of aromatic nitrogens is 1. The number of rotatable bonds is 9. The number of sulfonamides is 1. The Kier molecular flexibility index (Phi) is 7.32. The quantitative estimate of drug-likeness (QED) is 0.443. The lowest BCUT2D eigenvalue weighted by atomic mass is 9.99. The molecule has 0 saturated heterocycles. The van der Waals surface area contributed by atoms with Gasteiger partial charge in [0.2, 0.25) is 5.88 Å². The summed E-state index contributed by atoms with van der Waals surface area (Å²) in [7, 11) is -3.79. The van der Waals surface area contributed by atoms with Gasteiger partial charge in [0.1, 0.15) is 5.82 Å². The monoisotopic (exact) mass is 505 g/mol. The summed E-state index contributed by atoms with van der Waals surface area (Å²) < 4.78 is 72.8. The topological polar surface area (TPSA) is 71.5 Å². The van der Waals surface area contributed by atoms with Crippen molar-refractivity contribution >= 4 is 15.7 Å². The SMILES string of the molecule is CCC(F)(F)COc1ccc(CN2CCc3cc(S(=O)(=O)Nc4ccc(F)cc4)ccc3C2)cn1. The molecule has 0 radical (unpaired) electrons. The molecule has 0 spiro atoms. The number of hydrogen-bond donors (Lipinski definition) is 1. The number of alkyl halides is 2. The van der Waals surface area contributed by atoms with E-state index in [0.717, 1.165) is 23.2 Å². The van der Waals surface area contributed by atoms with Crippen LogP contribution in [-0.2, 0) is 29.5 Å². The summed E-state index contributed by atoms with van der Waals surface area (Å²) in [6.07, 6.45) is 2.00. The second-order valence-corrected chi connectivity index (χ2v) is 10.2. The molecular weight excluding hydrogens is 479 g/mol. The summed E-state index contributed by atoms with van der Waals surface area (Å²) in [4.78, 5) is 6.49. The summed E-state index contributed by atoms with van der Waals surface area (Å²) in [5.41, 5.74) is 3.21. The molecule has 0 unspecified atom stereocenters. The molecule has 3 aromatic rings. The highest BCUT2D eigenvalue weighted by Gasteiger charge is 2.27. The second kappa shape index (κ2) is 10.2. The number of hydrogen-bond acceptors (Lipinski definition) is 5. The Morgan fingerprint density at radius 1 is 1.09 bits per heavy atom. The van der Waals surface area contributed by atoms with Crippen LogP contribution in [0.1, 0.15) is 30.0 Å². The lowest BCUT2D eigenvalue weighted by molar-refractivity contribution is -0.0447. The van der Waals surface area contributed by atoms with Crippen LogP contribution in [-0.4, -0.2) is 37.4 Å². The molecule has 10 heteroatoms. The van der Waals surface area contributed by atoms with Crippen LogP contribution >= 0.6 is 0 Å². The molecule has 4 rings (SSSR count). The Labute approximate surface area is 202 Å². The van der Waals surface area contributed by atoms with E-state index >= 15 is 0 Å². The summed E-state index contributed by atoms with van der Waals surface area (Å²) in [5, 5.41) is 0. The van der Waals surface area contributed by atoms with E-state index in [9.17, 15) is 21.6 Å². The summed E-state index contributed by atoms with van der Waals surface area (Å²) in [5.74, 6) is -3.16. The van der Waals surface area contributed by atoms with Gasteiger partial charge in [-0.15, -0.1) is 0 Å². The van der Waals surface area contributed by atoms with Gasteiger partial charge in [0, 0.05) is 44.0 Å². The molecule has 0 fully saturated rings. The van der Waals surface area contributed by atoms with Crippen molar-refractivity contribution in [2.45, 2.75) is 43.7 Å². The number of halogens is 3. The average molecular weight is 506 g/mol. The maximum absolute atomic E-state index is 13.3. The summed E-state index contributed by atoms with van der Waals surface area (Å²) in [6.45, 7) is 2.69. The number of fused-ring (bicyclic) bond motifs is 1. The molecule has 0 bridgehead atoms. The van der Waals surface area contributed by atoms with Crippen molar-refractivity contribution in [3.05, 3.63) is 83.3 Å². The average Bonchev–Trinajstić information content (AvgIpc) is 2.84. The van der Waals surface area contributed by atoms with Crippen molar-refractivity contribution in [2.24, 2.45) is 0 Å². The van der Waals surface area contributed by atoms with Crippen LogP contribution in [0, 0.1) is 5.82 Å². The van der Waals surface area contributed by atoms with E-state index in [1.807, 2.05) is 6.07 Å². The van der Waals surface area contributed by atoms with Gasteiger partial charge in [-0.2, -0.15) is 0 Å². The van der Waals surface area contributed by atoms with Crippen molar-refractivity contribution in [3.63, 3.8) is 0 Å². The van der Waals surface area contributed by atoms with Gasteiger partial charge in [0.25, 0.3) is 15.9 Å². The number of anilines is 1. The van der Waals surface area contributed by atoms with Gasteiger partial charge >= 0.3 is 0 Å². The van der Waals surface area contributed by atoms with E-state index < -0.39 is 28.4 Å². The van der Waals surface area contributed by atoms with Gasteiger partial charge in [-0.25, -0.2) is 26.6 Å². The molecule has 6 nitrogen and oxygen atoms in total. The fourth-order valence-electron chi connectivity index (χ4n) is 3.75. The van der Waals surface area contributed by atoms with Gasteiger partial charge in [-0.1, -0.05) is 19.1 Å². The third-order valence-corrected chi connectivity index (χ3v) is 7.21. The van der Waals surface area contributed by atoms with Crippen LogP contribution in [0.3, 0.4) is 0 Å². The molecule has 0 atom stereocenters. The zero-order valence-electron chi connectivity index (χ0n) is 19.2.